The van der Waals surface area contributed by atoms with Gasteiger partial charge in [-0.25, -0.2) is 9.78 Å². The maximum atomic E-state index is 13.6. The number of nitrogens with one attached hydrogen (secondary N) is 2. The number of carboxylic acid groups (broad SMARTS) is 1. The van der Waals surface area contributed by atoms with Gasteiger partial charge < -0.3 is 40.1 Å². The molecule has 5 aromatic rings. The number of ether oxygens (including phenoxy) is 2. The van der Waals surface area contributed by atoms with Crippen LogP contribution in [0, 0.1) is 11.8 Å². The molecule has 298 valence electrons. The van der Waals surface area contributed by atoms with Crippen LogP contribution in [-0.4, -0.2) is 103 Å². The number of hydrogen-bond donors (Lipinski definition) is 4. The molecule has 0 spiro atoms. The number of hydrogen-bond acceptors (Lipinski definition) is 10. The van der Waals surface area contributed by atoms with Crippen LogP contribution in [0.25, 0.3) is 44.7 Å². The molecule has 2 aliphatic heterocycles. The highest BCUT2D eigenvalue weighted by Gasteiger charge is 2.51. The highest BCUT2D eigenvalue weighted by Crippen LogP contribution is 2.37. The van der Waals surface area contributed by atoms with Crippen LogP contribution in [0.3, 0.4) is 0 Å². The first-order valence-electron chi connectivity index (χ1n) is 19.2. The van der Waals surface area contributed by atoms with Gasteiger partial charge in [0, 0.05) is 42.5 Å². The van der Waals surface area contributed by atoms with Crippen molar-refractivity contribution in [2.75, 3.05) is 27.3 Å². The third-order valence-corrected chi connectivity index (χ3v) is 11.6. The van der Waals surface area contributed by atoms with Crippen LogP contribution < -0.4 is 5.73 Å². The van der Waals surface area contributed by atoms with Gasteiger partial charge in [-0.2, -0.15) is 0 Å². The molecule has 0 saturated carbocycles. The quantitative estimate of drug-likeness (QED) is 0.0947. The predicted molar refractivity (Wildman–Crippen MR) is 211 cm³/mol. The Morgan fingerprint density at radius 1 is 0.825 bits per heavy atom. The van der Waals surface area contributed by atoms with E-state index in [1.165, 1.54) is 14.2 Å². The average Bonchev–Trinajstić information content (AvgIpc) is 4.06. The largest absolute Gasteiger partial charge is 0.481 e. The summed E-state index contributed by atoms with van der Waals surface area (Å²) in [6.45, 7) is 6.02. The number of carbonyl (C=O) groups excluding carboxylic acids is 3. The Balaban J connectivity index is 1.04. The zero-order valence-electron chi connectivity index (χ0n) is 32.7. The molecule has 15 heteroatoms. The number of carbonyl (C=O) groups is 4. The molecule has 7 rings (SSSR count). The van der Waals surface area contributed by atoms with E-state index in [1.54, 1.807) is 49.2 Å². The minimum atomic E-state index is -1.79. The van der Waals surface area contributed by atoms with Gasteiger partial charge >= 0.3 is 11.9 Å². The lowest BCUT2D eigenvalue weighted by atomic mass is 9.85. The highest BCUT2D eigenvalue weighted by molar-refractivity contribution is 6.07. The number of esters is 1. The number of rotatable bonds is 12. The molecule has 3 aromatic heterocycles. The van der Waals surface area contributed by atoms with Crippen LogP contribution in [0.4, 0.5) is 0 Å². The number of methoxy groups -OCH3 is 2. The Labute approximate surface area is 330 Å². The van der Waals surface area contributed by atoms with Crippen molar-refractivity contribution in [3.63, 3.8) is 0 Å². The SMILES string of the molecule is COC(=O)[C@@](N)(C(=O)N1CCC[C@H]1c1ncc(-c2ccc(-c3cnc(-c4ccc5cc([C@@H]6CCCN6C(=O)[C@@H](C(=O)O)[C@@H](C)OC)[nH]c5c4)cn3)cc2)[nH]1)C(C)C. The molecule has 0 aliphatic carbocycles. The topological polar surface area (TPSA) is 210 Å². The summed E-state index contributed by atoms with van der Waals surface area (Å²) in [5, 5.41) is 10.7. The van der Waals surface area contributed by atoms with Gasteiger partial charge in [-0.1, -0.05) is 50.2 Å². The van der Waals surface area contributed by atoms with E-state index in [4.69, 9.17) is 25.2 Å². The zero-order chi connectivity index (χ0) is 40.6. The number of amides is 2. The first-order chi connectivity index (χ1) is 27.3. The maximum Gasteiger partial charge on any atom is 0.335 e. The molecule has 0 bridgehead atoms. The monoisotopic (exact) mass is 776 g/mol. The lowest BCUT2D eigenvalue weighted by Crippen LogP contribution is -2.64. The summed E-state index contributed by atoms with van der Waals surface area (Å²) >= 11 is 0. The number of benzene rings is 2. The molecule has 2 saturated heterocycles. The molecular weight excluding hydrogens is 729 g/mol. The Bertz CT molecular complexity index is 2290. The third-order valence-electron chi connectivity index (χ3n) is 11.6. The molecule has 2 amide bonds. The molecule has 5 N–H and O–H groups in total. The summed E-state index contributed by atoms with van der Waals surface area (Å²) in [7, 11) is 2.64. The number of nitrogens with two attached hydrogens (primary N) is 1. The van der Waals surface area contributed by atoms with Crippen LogP contribution >= 0.6 is 0 Å². The van der Waals surface area contributed by atoms with Crippen LogP contribution in [0.5, 0.6) is 0 Å². The normalized spacial score (nSPS) is 19.1. The molecule has 5 atom stereocenters. The van der Waals surface area contributed by atoms with Gasteiger partial charge in [0.1, 0.15) is 5.82 Å². The smallest absolute Gasteiger partial charge is 0.335 e. The van der Waals surface area contributed by atoms with E-state index in [0.29, 0.717) is 36.7 Å². The van der Waals surface area contributed by atoms with E-state index in [0.717, 1.165) is 58.2 Å². The second-order valence-electron chi connectivity index (χ2n) is 15.2. The number of aromatic amines is 2. The Morgan fingerprint density at radius 3 is 2.09 bits per heavy atom. The fraction of sp³-hybridized carbons (Fsp3) is 0.405. The van der Waals surface area contributed by atoms with Gasteiger partial charge in [-0.15, -0.1) is 0 Å². The first-order valence-corrected chi connectivity index (χ1v) is 19.2. The molecule has 57 heavy (non-hydrogen) atoms. The maximum absolute atomic E-state index is 13.6. The number of nitrogens with zero attached hydrogens (tertiary/aromatic N) is 5. The highest BCUT2D eigenvalue weighted by atomic mass is 16.5. The zero-order valence-corrected chi connectivity index (χ0v) is 32.7. The van der Waals surface area contributed by atoms with Crippen molar-refractivity contribution in [2.24, 2.45) is 17.6 Å². The molecule has 0 unspecified atom stereocenters. The van der Waals surface area contributed by atoms with Gasteiger partial charge in [-0.3, -0.25) is 24.4 Å². The van der Waals surface area contributed by atoms with Gasteiger partial charge in [0.15, 0.2) is 11.5 Å². The van der Waals surface area contributed by atoms with Crippen molar-refractivity contribution in [2.45, 2.75) is 70.2 Å². The van der Waals surface area contributed by atoms with E-state index in [-0.39, 0.29) is 12.1 Å². The van der Waals surface area contributed by atoms with Crippen molar-refractivity contribution in [1.29, 1.82) is 0 Å². The third kappa shape index (κ3) is 7.28. The first kappa shape index (κ1) is 39.3. The molecule has 5 heterocycles. The average molecular weight is 777 g/mol. The van der Waals surface area contributed by atoms with Gasteiger partial charge in [-0.05, 0) is 61.6 Å². The fourth-order valence-electron chi connectivity index (χ4n) is 8.03. The molecule has 2 aliphatic rings. The summed E-state index contributed by atoms with van der Waals surface area (Å²) in [5.74, 6) is -3.96. The summed E-state index contributed by atoms with van der Waals surface area (Å²) in [6, 6.07) is 15.3. The Hall–Kier alpha value is -5.93. The van der Waals surface area contributed by atoms with Crippen molar-refractivity contribution < 1.29 is 33.8 Å². The van der Waals surface area contributed by atoms with Gasteiger partial charge in [0.25, 0.3) is 5.91 Å². The van der Waals surface area contributed by atoms with Gasteiger partial charge in [0.2, 0.25) is 5.91 Å². The van der Waals surface area contributed by atoms with Crippen LogP contribution in [0.1, 0.15) is 70.1 Å². The van der Waals surface area contributed by atoms with E-state index < -0.39 is 47.2 Å². The second kappa shape index (κ2) is 15.9. The minimum Gasteiger partial charge on any atom is -0.481 e. The van der Waals surface area contributed by atoms with Crippen molar-refractivity contribution in [3.05, 3.63) is 78.6 Å². The molecule has 15 nitrogen and oxygen atoms in total. The Kier molecular flexibility index (Phi) is 11.0. The number of likely N-dealkylation sites (tertiary alicyclic amines) is 2. The lowest BCUT2D eigenvalue weighted by molar-refractivity contribution is -0.160. The Morgan fingerprint density at radius 2 is 1.46 bits per heavy atom. The lowest BCUT2D eigenvalue weighted by Gasteiger charge is -2.35. The fourth-order valence-corrected chi connectivity index (χ4v) is 8.03. The van der Waals surface area contributed by atoms with E-state index in [9.17, 15) is 24.3 Å². The van der Waals surface area contributed by atoms with Crippen molar-refractivity contribution in [1.82, 2.24) is 34.7 Å². The summed E-state index contributed by atoms with van der Waals surface area (Å²) < 4.78 is 10.1. The predicted octanol–water partition coefficient (Wildman–Crippen LogP) is 5.27. The van der Waals surface area contributed by atoms with Crippen molar-refractivity contribution in [3.8, 4) is 33.8 Å². The number of imidazole rings is 1. The number of aliphatic carboxylic acids is 1. The van der Waals surface area contributed by atoms with Crippen LogP contribution in [0.2, 0.25) is 0 Å². The summed E-state index contributed by atoms with van der Waals surface area (Å²) in [5.41, 5.74) is 11.2. The molecular formula is C42H48N8O7. The molecule has 2 fully saturated rings. The van der Waals surface area contributed by atoms with Crippen molar-refractivity contribution >= 4 is 34.7 Å². The van der Waals surface area contributed by atoms with E-state index in [2.05, 4.69) is 15.0 Å². The number of carboxylic acids is 1. The van der Waals surface area contributed by atoms with Crippen LogP contribution in [-0.2, 0) is 28.7 Å². The number of H-pyrrole nitrogens is 2. The second-order valence-corrected chi connectivity index (χ2v) is 15.2. The molecule has 2 aromatic carbocycles. The summed E-state index contributed by atoms with van der Waals surface area (Å²) in [4.78, 5) is 75.8. The minimum absolute atomic E-state index is 0.260. The van der Waals surface area contributed by atoms with Gasteiger partial charge in [0.05, 0.1) is 61.0 Å². The molecule has 0 radical (unpaired) electrons. The van der Waals surface area contributed by atoms with E-state index in [1.807, 2.05) is 48.5 Å². The standard InChI is InChI=1S/C42H48N8O7/c1-23(2)42(43,41(55)57-5)40(54)50-17-7-9-35(50)37-46-22-33(48-37)26-12-10-25(11-13-26)31-20-45-32(21-44-31)28-15-14-27-19-30(47-29(27)18-28)34-8-6-16-49(34)38(51)36(39(52)53)24(3)56-4/h10-15,18-24,34-36,47H,6-9,16-17,43H2,1-5H3,(H,46,48)(H,52,53)/t24-,34+,35+,36+,42+/m1/s1. The van der Waals surface area contributed by atoms with E-state index >= 15 is 0 Å². The number of aromatic nitrogens is 5. The summed E-state index contributed by atoms with van der Waals surface area (Å²) in [6.07, 6.45) is 7.41. The van der Waals surface area contributed by atoms with Crippen LogP contribution in [0.15, 0.2) is 67.1 Å². The number of fused-ring (bicyclic) bond motifs is 1.